The first kappa shape index (κ1) is 51.5. The summed E-state index contributed by atoms with van der Waals surface area (Å²) in [6.07, 6.45) is 7.70. The van der Waals surface area contributed by atoms with Gasteiger partial charge in [0.2, 0.25) is 0 Å². The highest BCUT2D eigenvalue weighted by atomic mass is 16.2. The van der Waals surface area contributed by atoms with Gasteiger partial charge in [0.25, 0.3) is 23.6 Å². The quantitative estimate of drug-likeness (QED) is 0.0548. The molecule has 2 aliphatic rings. The molecule has 2 aromatic heterocycles. The van der Waals surface area contributed by atoms with Crippen molar-refractivity contribution in [2.75, 3.05) is 13.1 Å². The second kappa shape index (κ2) is 20.2. The Morgan fingerprint density at radius 1 is 0.321 bits per heavy atom. The van der Waals surface area contributed by atoms with Crippen molar-refractivity contribution in [3.8, 4) is 33.6 Å². The smallest absolute Gasteiger partial charge is 0.261 e. The second-order valence-electron chi connectivity index (χ2n) is 23.6. The molecule has 0 aliphatic carbocycles. The minimum atomic E-state index is -0.285. The number of amides is 4. The van der Waals surface area contributed by atoms with Crippen LogP contribution in [0.2, 0.25) is 0 Å². The van der Waals surface area contributed by atoms with Crippen LogP contribution < -0.4 is 0 Å². The zero-order valence-corrected chi connectivity index (χ0v) is 48.0. The molecule has 2 aliphatic heterocycles. The molecule has 0 radical (unpaired) electrons. The van der Waals surface area contributed by atoms with Crippen LogP contribution in [0.4, 0.5) is 0 Å². The summed E-state index contributed by atoms with van der Waals surface area (Å²) < 4.78 is 4.62. The Kier molecular flexibility index (Phi) is 12.4. The van der Waals surface area contributed by atoms with Crippen LogP contribution >= 0.6 is 0 Å². The molecule has 0 spiro atoms. The van der Waals surface area contributed by atoms with Crippen LogP contribution in [0.1, 0.15) is 120 Å². The van der Waals surface area contributed by atoms with Crippen LogP contribution in [-0.2, 0) is 0 Å². The number of imide groups is 2. The fourth-order valence-electron chi connectivity index (χ4n) is 14.7. The normalized spacial score (nSPS) is 14.4. The van der Waals surface area contributed by atoms with Crippen LogP contribution in [-0.4, -0.2) is 55.7 Å². The number of aromatic nitrogens is 2. The minimum Gasteiger partial charge on any atom is -0.309 e. The molecule has 11 aromatic carbocycles. The number of carbonyl (C=O) groups excluding carboxylic acids is 4. The summed E-state index contributed by atoms with van der Waals surface area (Å²) in [6, 6.07) is 63.3. The lowest BCUT2D eigenvalue weighted by Crippen LogP contribution is -2.43. The van der Waals surface area contributed by atoms with Crippen molar-refractivity contribution in [1.29, 1.82) is 0 Å². The maximum absolute atomic E-state index is 15.5. The number of carbonyl (C=O) groups is 4. The molecule has 0 N–H and O–H groups in total. The molecule has 15 rings (SSSR count). The van der Waals surface area contributed by atoms with Crippen molar-refractivity contribution < 1.29 is 19.2 Å². The van der Waals surface area contributed by atoms with E-state index in [4.69, 9.17) is 0 Å². The summed E-state index contributed by atoms with van der Waals surface area (Å²) in [7, 11) is 0. The number of para-hydroxylation sites is 4. The van der Waals surface area contributed by atoms with Crippen LogP contribution in [0, 0.1) is 11.8 Å². The first-order valence-corrected chi connectivity index (χ1v) is 30.4. The monoisotopic (exact) mass is 1100 g/mol. The lowest BCUT2D eigenvalue weighted by molar-refractivity contribution is 0.0565. The van der Waals surface area contributed by atoms with Crippen molar-refractivity contribution in [2.24, 2.45) is 11.8 Å². The maximum atomic E-state index is 15.5. The van der Waals surface area contributed by atoms with Gasteiger partial charge in [-0.15, -0.1) is 0 Å². The SMILES string of the molecule is CCCCC(CC)CN1C(=O)c2ccc3c4c(-c5ccc(-n6c7ccccc7c7ccccc76)cc5)cc5c6c(ccc(c7c(-c8ccc(-n9c%10ccccc%10c%10ccccc%109)cc8)cc(c2c37)C1=O)c64)C(=O)N(CC(CC)CCCC)C5=O. The molecule has 8 heteroatoms. The fraction of sp³-hybridized carbons (Fsp3) is 0.211. The van der Waals surface area contributed by atoms with E-state index in [-0.39, 0.29) is 35.5 Å². The van der Waals surface area contributed by atoms with E-state index in [2.05, 4.69) is 195 Å². The van der Waals surface area contributed by atoms with E-state index < -0.39 is 0 Å². The summed E-state index contributed by atoms with van der Waals surface area (Å²) in [5, 5.41) is 11.1. The van der Waals surface area contributed by atoms with E-state index in [1.807, 2.05) is 24.3 Å². The van der Waals surface area contributed by atoms with Gasteiger partial charge in [0, 0.05) is 79.0 Å². The van der Waals surface area contributed by atoms with E-state index in [1.54, 1.807) is 0 Å². The zero-order valence-electron chi connectivity index (χ0n) is 48.0. The van der Waals surface area contributed by atoms with E-state index in [0.717, 1.165) is 139 Å². The molecule has 0 bridgehead atoms. The first-order chi connectivity index (χ1) is 41.2. The Hall–Kier alpha value is -9.40. The molecule has 412 valence electrons. The highest BCUT2D eigenvalue weighted by molar-refractivity contribution is 6.44. The minimum absolute atomic E-state index is 0.168. The number of hydrogen-bond acceptors (Lipinski definition) is 4. The topological polar surface area (TPSA) is 84.6 Å². The standard InChI is InChI=1S/C76H64N4O4/c1-5-9-19-45(7-3)43-77-73(81)57-39-37-55-68-60(48-31-35-50(36-32-48)80-65-27-17-13-23-53(65)54-24-14-18-28-66(54)80)42-62-70-58(74(82)78(76(62)84)44-46(8-4)20-10-6-2)40-38-56(72(68)70)67-59(41-61(75(77)83)69(57)71(55)67)47-29-33-49(34-30-47)79-63-25-15-11-21-51(63)52-22-12-16-26-64(52)79/h11-18,21-42,45-46H,5-10,19-20,43-44H2,1-4H3. The summed E-state index contributed by atoms with van der Waals surface area (Å²) in [6.45, 7) is 9.35. The van der Waals surface area contributed by atoms with Crippen LogP contribution in [0.25, 0.3) is 120 Å². The molecule has 0 saturated carbocycles. The van der Waals surface area contributed by atoms with Crippen molar-refractivity contribution in [3.63, 3.8) is 0 Å². The van der Waals surface area contributed by atoms with Gasteiger partial charge in [-0.3, -0.25) is 29.0 Å². The largest absolute Gasteiger partial charge is 0.309 e. The third kappa shape index (κ3) is 7.65. The van der Waals surface area contributed by atoms with Gasteiger partial charge in [-0.2, -0.15) is 0 Å². The number of rotatable bonds is 16. The molecule has 8 nitrogen and oxygen atoms in total. The zero-order chi connectivity index (χ0) is 57.1. The van der Waals surface area contributed by atoms with Gasteiger partial charge in [-0.05, 0) is 152 Å². The van der Waals surface area contributed by atoms with Gasteiger partial charge >= 0.3 is 0 Å². The number of nitrogens with zero attached hydrogens (tertiary/aromatic N) is 4. The number of unbranched alkanes of at least 4 members (excludes halogenated alkanes) is 2. The number of fused-ring (bicyclic) bond motifs is 8. The summed E-state index contributed by atoms with van der Waals surface area (Å²) in [4.78, 5) is 64.5. The van der Waals surface area contributed by atoms with Crippen molar-refractivity contribution in [2.45, 2.75) is 79.1 Å². The third-order valence-corrected chi connectivity index (χ3v) is 19.0. The molecule has 0 saturated heterocycles. The Balaban J connectivity index is 1.01. The Morgan fingerprint density at radius 3 is 0.988 bits per heavy atom. The van der Waals surface area contributed by atoms with Crippen LogP contribution in [0.5, 0.6) is 0 Å². The Bertz CT molecular complexity index is 4470. The van der Waals surface area contributed by atoms with E-state index in [1.165, 1.54) is 31.3 Å². The molecular weight excluding hydrogens is 1030 g/mol. The first-order valence-electron chi connectivity index (χ1n) is 30.4. The van der Waals surface area contributed by atoms with Crippen LogP contribution in [0.15, 0.2) is 182 Å². The Labute approximate surface area is 487 Å². The van der Waals surface area contributed by atoms with E-state index in [0.29, 0.717) is 46.1 Å². The van der Waals surface area contributed by atoms with Gasteiger partial charge in [-0.1, -0.05) is 175 Å². The lowest BCUT2D eigenvalue weighted by atomic mass is 9.77. The number of benzene rings is 11. The van der Waals surface area contributed by atoms with Crippen molar-refractivity contribution in [3.05, 3.63) is 204 Å². The summed E-state index contributed by atoms with van der Waals surface area (Å²) in [5.41, 5.74) is 11.9. The van der Waals surface area contributed by atoms with E-state index >= 15 is 19.2 Å². The third-order valence-electron chi connectivity index (χ3n) is 19.0. The predicted octanol–water partition coefficient (Wildman–Crippen LogP) is 18.9. The average molecular weight is 1100 g/mol. The molecule has 13 aromatic rings. The number of hydrogen-bond donors (Lipinski definition) is 0. The van der Waals surface area contributed by atoms with Crippen LogP contribution in [0.3, 0.4) is 0 Å². The average Bonchev–Trinajstić information content (AvgIpc) is 0.975. The van der Waals surface area contributed by atoms with Crippen molar-refractivity contribution >= 4 is 110 Å². The molecule has 2 unspecified atom stereocenters. The van der Waals surface area contributed by atoms with Gasteiger partial charge < -0.3 is 9.13 Å². The molecular formula is C76H64N4O4. The van der Waals surface area contributed by atoms with E-state index in [9.17, 15) is 0 Å². The summed E-state index contributed by atoms with van der Waals surface area (Å²) in [5.74, 6) is -0.790. The maximum Gasteiger partial charge on any atom is 0.261 e. The molecule has 4 amide bonds. The summed E-state index contributed by atoms with van der Waals surface area (Å²) >= 11 is 0. The van der Waals surface area contributed by atoms with Crippen molar-refractivity contribution in [1.82, 2.24) is 18.9 Å². The van der Waals surface area contributed by atoms with Gasteiger partial charge in [-0.25, -0.2) is 0 Å². The van der Waals surface area contributed by atoms with Gasteiger partial charge in [0.15, 0.2) is 0 Å². The lowest BCUT2D eigenvalue weighted by Gasteiger charge is -2.33. The molecule has 4 heterocycles. The highest BCUT2D eigenvalue weighted by Crippen LogP contribution is 2.52. The molecule has 2 atom stereocenters. The predicted molar refractivity (Wildman–Crippen MR) is 345 cm³/mol. The van der Waals surface area contributed by atoms with Gasteiger partial charge in [0.1, 0.15) is 0 Å². The molecule has 84 heavy (non-hydrogen) atoms. The fourth-order valence-corrected chi connectivity index (χ4v) is 14.7. The van der Waals surface area contributed by atoms with Gasteiger partial charge in [0.05, 0.1) is 22.1 Å². The Morgan fingerprint density at radius 2 is 0.655 bits per heavy atom. The molecule has 0 fully saturated rings. The second-order valence-corrected chi connectivity index (χ2v) is 23.6. The highest BCUT2D eigenvalue weighted by Gasteiger charge is 2.40.